The number of anilines is 1. The first-order chi connectivity index (χ1) is 13.4. The van der Waals surface area contributed by atoms with Gasteiger partial charge in [-0.2, -0.15) is 0 Å². The van der Waals surface area contributed by atoms with Crippen molar-refractivity contribution in [2.45, 2.75) is 6.92 Å². The summed E-state index contributed by atoms with van der Waals surface area (Å²) in [5.74, 6) is -1.21. The normalized spacial score (nSPS) is 16.0. The standard InChI is InChI=1S/C21H17FN2O2S2/c1-14(10-15-6-3-2-4-7-15)11-18-20(26)24(21(27)28-18)13-19(25)23-17-9-5-8-16(22)12-17/h2-12H,13H2,1H3,(H,23,25)/b14-10+,18-11-. The summed E-state index contributed by atoms with van der Waals surface area (Å²) in [5, 5.41) is 2.57. The zero-order valence-electron chi connectivity index (χ0n) is 15.0. The molecule has 28 heavy (non-hydrogen) atoms. The van der Waals surface area contributed by atoms with Crippen LogP contribution in [-0.4, -0.2) is 27.6 Å². The Hall–Kier alpha value is -2.77. The fraction of sp³-hybridized carbons (Fsp3) is 0.0952. The van der Waals surface area contributed by atoms with Crippen molar-refractivity contribution in [3.05, 3.63) is 82.5 Å². The van der Waals surface area contributed by atoms with E-state index in [1.807, 2.05) is 43.3 Å². The summed E-state index contributed by atoms with van der Waals surface area (Å²) in [7, 11) is 0. The Kier molecular flexibility index (Phi) is 6.38. The lowest BCUT2D eigenvalue weighted by Gasteiger charge is -2.14. The van der Waals surface area contributed by atoms with Crippen LogP contribution in [0.3, 0.4) is 0 Å². The number of carbonyl (C=O) groups excluding carboxylic acids is 2. The van der Waals surface area contributed by atoms with Crippen molar-refractivity contribution in [3.63, 3.8) is 0 Å². The Morgan fingerprint density at radius 2 is 1.96 bits per heavy atom. The van der Waals surface area contributed by atoms with E-state index in [0.29, 0.717) is 14.9 Å². The monoisotopic (exact) mass is 412 g/mol. The van der Waals surface area contributed by atoms with Crippen molar-refractivity contribution in [1.29, 1.82) is 0 Å². The van der Waals surface area contributed by atoms with Crippen LogP contribution in [0, 0.1) is 5.82 Å². The van der Waals surface area contributed by atoms with Crippen LogP contribution in [0.15, 0.2) is 71.2 Å². The number of thiocarbonyl (C=S) groups is 1. The van der Waals surface area contributed by atoms with Crippen LogP contribution in [0.5, 0.6) is 0 Å². The lowest BCUT2D eigenvalue weighted by Crippen LogP contribution is -2.36. The molecule has 4 nitrogen and oxygen atoms in total. The molecule has 0 saturated carbocycles. The summed E-state index contributed by atoms with van der Waals surface area (Å²) >= 11 is 6.41. The second kappa shape index (κ2) is 8.95. The van der Waals surface area contributed by atoms with Gasteiger partial charge in [-0.25, -0.2) is 4.39 Å². The van der Waals surface area contributed by atoms with Crippen LogP contribution in [0.2, 0.25) is 0 Å². The molecule has 142 valence electrons. The van der Waals surface area contributed by atoms with Crippen LogP contribution in [0.4, 0.5) is 10.1 Å². The molecule has 0 unspecified atom stereocenters. The van der Waals surface area contributed by atoms with Crippen LogP contribution in [-0.2, 0) is 9.59 Å². The van der Waals surface area contributed by atoms with Gasteiger partial charge in [0.15, 0.2) is 0 Å². The number of rotatable bonds is 5. The number of hydrogen-bond donors (Lipinski definition) is 1. The van der Waals surface area contributed by atoms with Crippen LogP contribution in [0.1, 0.15) is 12.5 Å². The SMILES string of the molecule is CC(/C=C1\SC(=S)N(CC(=O)Nc2cccc(F)c2)C1=O)=C\c1ccccc1. The van der Waals surface area contributed by atoms with Gasteiger partial charge in [0.05, 0.1) is 4.91 Å². The van der Waals surface area contributed by atoms with Crippen molar-refractivity contribution < 1.29 is 14.0 Å². The average Bonchev–Trinajstić information content (AvgIpc) is 2.90. The first-order valence-corrected chi connectivity index (χ1v) is 9.69. The second-order valence-corrected chi connectivity index (χ2v) is 7.80. The maximum atomic E-state index is 13.2. The third-order valence-corrected chi connectivity index (χ3v) is 5.21. The molecule has 1 aliphatic heterocycles. The van der Waals surface area contributed by atoms with Gasteiger partial charge in [0, 0.05) is 5.69 Å². The minimum absolute atomic E-state index is 0.222. The van der Waals surface area contributed by atoms with Gasteiger partial charge in [0.2, 0.25) is 5.91 Å². The molecule has 2 amide bonds. The molecule has 0 radical (unpaired) electrons. The second-order valence-electron chi connectivity index (χ2n) is 6.13. The van der Waals surface area contributed by atoms with Gasteiger partial charge >= 0.3 is 0 Å². The molecule has 2 aromatic carbocycles. The van der Waals surface area contributed by atoms with Crippen molar-refractivity contribution >= 4 is 51.9 Å². The van der Waals surface area contributed by atoms with Crippen LogP contribution in [0.25, 0.3) is 6.08 Å². The van der Waals surface area contributed by atoms with E-state index in [2.05, 4.69) is 5.32 Å². The zero-order valence-corrected chi connectivity index (χ0v) is 16.6. The van der Waals surface area contributed by atoms with E-state index in [1.165, 1.54) is 23.1 Å². The molecule has 3 rings (SSSR count). The quantitative estimate of drug-likeness (QED) is 0.575. The molecule has 1 aliphatic rings. The van der Waals surface area contributed by atoms with Crippen molar-refractivity contribution in [2.24, 2.45) is 0 Å². The highest BCUT2D eigenvalue weighted by Gasteiger charge is 2.33. The number of allylic oxidation sites excluding steroid dienone is 2. The van der Waals surface area contributed by atoms with E-state index < -0.39 is 11.7 Å². The summed E-state index contributed by atoms with van der Waals surface area (Å²) in [4.78, 5) is 26.6. The first kappa shape index (κ1) is 20.0. The smallest absolute Gasteiger partial charge is 0.266 e. The van der Waals surface area contributed by atoms with Gasteiger partial charge in [-0.05, 0) is 42.3 Å². The number of nitrogens with one attached hydrogen (secondary N) is 1. The maximum Gasteiger partial charge on any atom is 0.266 e. The Balaban J connectivity index is 1.67. The van der Waals surface area contributed by atoms with Crippen molar-refractivity contribution in [3.8, 4) is 0 Å². The van der Waals surface area contributed by atoms with E-state index in [9.17, 15) is 14.0 Å². The number of thioether (sulfide) groups is 1. The Bertz CT molecular complexity index is 987. The number of benzene rings is 2. The molecular formula is C21H17FN2O2S2. The number of hydrogen-bond acceptors (Lipinski definition) is 4. The summed E-state index contributed by atoms with van der Waals surface area (Å²) in [6.45, 7) is 1.68. The number of halogens is 1. The van der Waals surface area contributed by atoms with E-state index in [4.69, 9.17) is 12.2 Å². The van der Waals surface area contributed by atoms with Crippen molar-refractivity contribution in [1.82, 2.24) is 4.90 Å². The van der Waals surface area contributed by atoms with Gasteiger partial charge in [0.25, 0.3) is 5.91 Å². The van der Waals surface area contributed by atoms with E-state index in [-0.39, 0.29) is 12.5 Å². The highest BCUT2D eigenvalue weighted by molar-refractivity contribution is 8.26. The highest BCUT2D eigenvalue weighted by Crippen LogP contribution is 2.32. The third-order valence-electron chi connectivity index (χ3n) is 3.84. The van der Waals surface area contributed by atoms with Crippen LogP contribution >= 0.6 is 24.0 Å². The summed E-state index contributed by atoms with van der Waals surface area (Å²) < 4.78 is 13.5. The molecule has 7 heteroatoms. The summed E-state index contributed by atoms with van der Waals surface area (Å²) in [6, 6.07) is 15.3. The first-order valence-electron chi connectivity index (χ1n) is 8.46. The number of amides is 2. The predicted molar refractivity (Wildman–Crippen MR) is 115 cm³/mol. The largest absolute Gasteiger partial charge is 0.324 e. The molecule has 0 aromatic heterocycles. The zero-order chi connectivity index (χ0) is 20.1. The van der Waals surface area contributed by atoms with Gasteiger partial charge in [-0.3, -0.25) is 14.5 Å². The topological polar surface area (TPSA) is 49.4 Å². The van der Waals surface area contributed by atoms with Crippen LogP contribution < -0.4 is 5.32 Å². The molecule has 0 atom stereocenters. The molecule has 1 N–H and O–H groups in total. The summed E-state index contributed by atoms with van der Waals surface area (Å²) in [5.41, 5.74) is 2.25. The number of carbonyl (C=O) groups is 2. The lowest BCUT2D eigenvalue weighted by atomic mass is 10.1. The Morgan fingerprint density at radius 3 is 2.68 bits per heavy atom. The Morgan fingerprint density at radius 1 is 1.21 bits per heavy atom. The molecule has 1 fully saturated rings. The summed E-state index contributed by atoms with van der Waals surface area (Å²) in [6.07, 6.45) is 3.72. The molecule has 1 heterocycles. The van der Waals surface area contributed by atoms with Gasteiger partial charge < -0.3 is 5.32 Å². The maximum absolute atomic E-state index is 13.2. The molecular weight excluding hydrogens is 395 g/mol. The van der Waals surface area contributed by atoms with E-state index in [0.717, 1.165) is 22.9 Å². The predicted octanol–water partition coefficient (Wildman–Crippen LogP) is 4.61. The average molecular weight is 413 g/mol. The minimum atomic E-state index is -0.452. The fourth-order valence-electron chi connectivity index (χ4n) is 2.61. The van der Waals surface area contributed by atoms with Gasteiger partial charge in [-0.15, -0.1) is 0 Å². The third kappa shape index (κ3) is 5.15. The fourth-order valence-corrected chi connectivity index (χ4v) is 3.91. The van der Waals surface area contributed by atoms with Gasteiger partial charge in [0.1, 0.15) is 16.7 Å². The molecule has 0 aliphatic carbocycles. The van der Waals surface area contributed by atoms with E-state index in [1.54, 1.807) is 12.1 Å². The van der Waals surface area contributed by atoms with Crippen molar-refractivity contribution in [2.75, 3.05) is 11.9 Å². The lowest BCUT2D eigenvalue weighted by molar-refractivity contribution is -0.126. The van der Waals surface area contributed by atoms with E-state index >= 15 is 0 Å². The molecule has 0 spiro atoms. The Labute approximate surface area is 172 Å². The minimum Gasteiger partial charge on any atom is -0.324 e. The molecule has 2 aromatic rings. The molecule has 0 bridgehead atoms. The molecule has 1 saturated heterocycles. The highest BCUT2D eigenvalue weighted by atomic mass is 32.2. The number of nitrogens with zero attached hydrogens (tertiary/aromatic N) is 1. The van der Waals surface area contributed by atoms with Gasteiger partial charge in [-0.1, -0.05) is 66.5 Å².